The van der Waals surface area contributed by atoms with E-state index in [0.29, 0.717) is 0 Å². The molecule has 1 rings (SSSR count). The highest BCUT2D eigenvalue weighted by atomic mass is 35.5. The van der Waals surface area contributed by atoms with Crippen LogP contribution in [-0.2, 0) is 0 Å². The summed E-state index contributed by atoms with van der Waals surface area (Å²) in [5.74, 6) is 1.03. The zero-order valence-electron chi connectivity index (χ0n) is 6.30. The van der Waals surface area contributed by atoms with Crippen LogP contribution in [-0.4, -0.2) is 5.75 Å². The molecule has 0 aliphatic heterocycles. The molecule has 0 aromatic heterocycles. The number of hydrogen-bond acceptors (Lipinski definition) is 2. The quantitative estimate of drug-likeness (QED) is 0.569. The van der Waals surface area contributed by atoms with Crippen molar-refractivity contribution in [3.05, 3.63) is 23.2 Å². The Balaban J connectivity index is 2.90. The average Bonchev–Trinajstić information content (AvgIpc) is 1.95. The summed E-state index contributed by atoms with van der Waals surface area (Å²) in [6, 6.07) is 5.59. The lowest BCUT2D eigenvalue weighted by Crippen LogP contribution is -1.84. The van der Waals surface area contributed by atoms with Crippen molar-refractivity contribution in [2.75, 3.05) is 11.5 Å². The molecule has 0 atom stereocenters. The van der Waals surface area contributed by atoms with E-state index in [2.05, 4.69) is 6.92 Å². The van der Waals surface area contributed by atoms with Gasteiger partial charge >= 0.3 is 0 Å². The van der Waals surface area contributed by atoms with E-state index in [4.69, 9.17) is 17.3 Å². The molecule has 3 heteroatoms. The van der Waals surface area contributed by atoms with Crippen molar-refractivity contribution in [2.24, 2.45) is 0 Å². The molecular formula is C8H10ClNS. The maximum Gasteiger partial charge on any atom is 0.0562 e. The highest BCUT2D eigenvalue weighted by Gasteiger charge is 1.98. The smallest absolute Gasteiger partial charge is 0.0562 e. The molecule has 0 unspecified atom stereocenters. The van der Waals surface area contributed by atoms with Crippen molar-refractivity contribution in [1.29, 1.82) is 0 Å². The Morgan fingerprint density at radius 1 is 1.55 bits per heavy atom. The highest BCUT2D eigenvalue weighted by Crippen LogP contribution is 2.28. The fourth-order valence-corrected chi connectivity index (χ4v) is 1.81. The van der Waals surface area contributed by atoms with Crippen molar-refractivity contribution in [3.8, 4) is 0 Å². The van der Waals surface area contributed by atoms with Crippen molar-refractivity contribution in [2.45, 2.75) is 11.8 Å². The van der Waals surface area contributed by atoms with Crippen LogP contribution >= 0.6 is 23.4 Å². The van der Waals surface area contributed by atoms with Crippen LogP contribution in [0, 0.1) is 0 Å². The van der Waals surface area contributed by atoms with Crippen LogP contribution in [0.4, 0.5) is 5.69 Å². The van der Waals surface area contributed by atoms with Gasteiger partial charge in [0, 0.05) is 10.6 Å². The largest absolute Gasteiger partial charge is 0.399 e. The lowest BCUT2D eigenvalue weighted by Gasteiger charge is -2.01. The van der Waals surface area contributed by atoms with Crippen LogP contribution in [0.1, 0.15) is 6.92 Å². The molecule has 0 fully saturated rings. The van der Waals surface area contributed by atoms with Crippen LogP contribution in [0.5, 0.6) is 0 Å². The number of hydrogen-bond donors (Lipinski definition) is 1. The maximum atomic E-state index is 5.91. The summed E-state index contributed by atoms with van der Waals surface area (Å²) >= 11 is 7.63. The molecule has 0 bridgehead atoms. The molecule has 0 heterocycles. The Morgan fingerprint density at radius 2 is 2.27 bits per heavy atom. The first-order chi connectivity index (χ1) is 5.24. The topological polar surface area (TPSA) is 26.0 Å². The molecule has 0 aliphatic rings. The summed E-state index contributed by atoms with van der Waals surface area (Å²) in [6.07, 6.45) is 0. The van der Waals surface area contributed by atoms with Gasteiger partial charge in [-0.3, -0.25) is 0 Å². The first-order valence-electron chi connectivity index (χ1n) is 3.42. The number of rotatable bonds is 2. The third-order valence-corrected chi connectivity index (χ3v) is 2.64. The Bertz CT molecular complexity index is 250. The molecule has 0 aliphatic carbocycles. The summed E-state index contributed by atoms with van der Waals surface area (Å²) in [6.45, 7) is 2.09. The van der Waals surface area contributed by atoms with Crippen LogP contribution in [0.3, 0.4) is 0 Å². The first-order valence-corrected chi connectivity index (χ1v) is 4.78. The minimum absolute atomic E-state index is 0.718. The predicted octanol–water partition coefficient (Wildman–Crippen LogP) is 3.03. The highest BCUT2D eigenvalue weighted by molar-refractivity contribution is 7.99. The molecule has 0 saturated carbocycles. The van der Waals surface area contributed by atoms with Gasteiger partial charge in [-0.25, -0.2) is 0 Å². The van der Waals surface area contributed by atoms with E-state index in [1.807, 2.05) is 12.1 Å². The Morgan fingerprint density at radius 3 is 2.82 bits per heavy atom. The monoisotopic (exact) mass is 187 g/mol. The summed E-state index contributed by atoms with van der Waals surface area (Å²) in [5.41, 5.74) is 6.25. The fourth-order valence-electron chi connectivity index (χ4n) is 0.790. The fraction of sp³-hybridized carbons (Fsp3) is 0.250. The predicted molar refractivity (Wildman–Crippen MR) is 52.3 cm³/mol. The molecule has 0 radical (unpaired) electrons. The Labute approximate surface area is 75.9 Å². The second kappa shape index (κ2) is 3.88. The van der Waals surface area contributed by atoms with E-state index in [0.717, 1.165) is 21.4 Å². The minimum Gasteiger partial charge on any atom is -0.399 e. The molecule has 11 heavy (non-hydrogen) atoms. The number of thioether (sulfide) groups is 1. The van der Waals surface area contributed by atoms with Crippen LogP contribution in [0.25, 0.3) is 0 Å². The second-order valence-electron chi connectivity index (χ2n) is 2.12. The third-order valence-electron chi connectivity index (χ3n) is 1.26. The van der Waals surface area contributed by atoms with Gasteiger partial charge in [0.15, 0.2) is 0 Å². The zero-order valence-corrected chi connectivity index (χ0v) is 7.88. The molecule has 0 saturated heterocycles. The van der Waals surface area contributed by atoms with Crippen molar-refractivity contribution in [1.82, 2.24) is 0 Å². The van der Waals surface area contributed by atoms with E-state index < -0.39 is 0 Å². The number of nitrogen functional groups attached to an aromatic ring is 1. The van der Waals surface area contributed by atoms with Gasteiger partial charge in [0.1, 0.15) is 0 Å². The lowest BCUT2D eigenvalue weighted by molar-refractivity contribution is 1.43. The second-order valence-corrected chi connectivity index (χ2v) is 3.84. The van der Waals surface area contributed by atoms with Gasteiger partial charge in [0.2, 0.25) is 0 Å². The van der Waals surface area contributed by atoms with Crippen LogP contribution < -0.4 is 5.73 Å². The molecule has 1 nitrogen and oxygen atoms in total. The zero-order chi connectivity index (χ0) is 8.27. The van der Waals surface area contributed by atoms with Crippen LogP contribution in [0.15, 0.2) is 23.1 Å². The van der Waals surface area contributed by atoms with E-state index in [9.17, 15) is 0 Å². The van der Waals surface area contributed by atoms with Crippen molar-refractivity contribution in [3.63, 3.8) is 0 Å². The first kappa shape index (κ1) is 8.75. The maximum absolute atomic E-state index is 5.91. The Kier molecular flexibility index (Phi) is 3.09. The molecule has 2 N–H and O–H groups in total. The molecule has 1 aromatic rings. The van der Waals surface area contributed by atoms with E-state index in [1.165, 1.54) is 0 Å². The summed E-state index contributed by atoms with van der Waals surface area (Å²) in [7, 11) is 0. The normalized spacial score (nSPS) is 10.0. The lowest BCUT2D eigenvalue weighted by atomic mass is 10.3. The summed E-state index contributed by atoms with van der Waals surface area (Å²) in [5, 5.41) is 0.747. The van der Waals surface area contributed by atoms with E-state index >= 15 is 0 Å². The van der Waals surface area contributed by atoms with Gasteiger partial charge in [0.05, 0.1) is 5.02 Å². The minimum atomic E-state index is 0.718. The van der Waals surface area contributed by atoms with Gasteiger partial charge in [-0.1, -0.05) is 18.5 Å². The van der Waals surface area contributed by atoms with Crippen LogP contribution in [0.2, 0.25) is 5.02 Å². The SMILES string of the molecule is CCSc1ccc(N)cc1Cl. The van der Waals surface area contributed by atoms with Gasteiger partial charge in [-0.05, 0) is 24.0 Å². The van der Waals surface area contributed by atoms with Crippen molar-refractivity contribution < 1.29 is 0 Å². The Hall–Kier alpha value is -0.340. The summed E-state index contributed by atoms with van der Waals surface area (Å²) < 4.78 is 0. The number of anilines is 1. The standard InChI is InChI=1S/C8H10ClNS/c1-2-11-8-4-3-6(10)5-7(8)9/h3-5H,2,10H2,1H3. The van der Waals surface area contributed by atoms with Crippen molar-refractivity contribution >= 4 is 29.1 Å². The molecule has 60 valence electrons. The van der Waals surface area contributed by atoms with Gasteiger partial charge < -0.3 is 5.73 Å². The van der Waals surface area contributed by atoms with Gasteiger partial charge in [-0.2, -0.15) is 0 Å². The van der Waals surface area contributed by atoms with E-state index in [-0.39, 0.29) is 0 Å². The van der Waals surface area contributed by atoms with Gasteiger partial charge in [0.25, 0.3) is 0 Å². The number of nitrogens with two attached hydrogens (primary N) is 1. The number of halogens is 1. The third kappa shape index (κ3) is 2.31. The van der Waals surface area contributed by atoms with E-state index in [1.54, 1.807) is 17.8 Å². The molecular weight excluding hydrogens is 178 g/mol. The molecule has 0 amide bonds. The molecule has 0 spiro atoms. The van der Waals surface area contributed by atoms with Gasteiger partial charge in [-0.15, -0.1) is 11.8 Å². The molecule has 1 aromatic carbocycles. The summed E-state index contributed by atoms with van der Waals surface area (Å²) in [4.78, 5) is 1.10. The average molecular weight is 188 g/mol. The number of benzene rings is 1.